The van der Waals surface area contributed by atoms with Crippen LogP contribution in [0.5, 0.6) is 5.75 Å². The number of anilines is 1. The summed E-state index contributed by atoms with van der Waals surface area (Å²) in [6.45, 7) is 1.28. The molecule has 0 bridgehead atoms. The van der Waals surface area contributed by atoms with Crippen molar-refractivity contribution in [1.29, 1.82) is 0 Å². The Morgan fingerprint density at radius 2 is 2.24 bits per heavy atom. The topological polar surface area (TPSA) is 80.6 Å². The van der Waals surface area contributed by atoms with E-state index in [0.717, 1.165) is 18.7 Å². The van der Waals surface area contributed by atoms with Gasteiger partial charge in [-0.15, -0.1) is 0 Å². The Morgan fingerprint density at radius 3 is 3.00 bits per heavy atom. The Balaban J connectivity index is 1.55. The highest BCUT2D eigenvalue weighted by Crippen LogP contribution is 2.38. The van der Waals surface area contributed by atoms with Crippen LogP contribution in [-0.2, 0) is 6.54 Å². The van der Waals surface area contributed by atoms with Crippen molar-refractivity contribution in [2.45, 2.75) is 25.3 Å². The molecule has 3 aromatic rings. The van der Waals surface area contributed by atoms with Crippen molar-refractivity contribution in [3.05, 3.63) is 34.9 Å². The molecule has 0 amide bonds. The second-order valence-corrected chi connectivity index (χ2v) is 6.35. The van der Waals surface area contributed by atoms with Gasteiger partial charge in [-0.2, -0.15) is 5.10 Å². The fourth-order valence-corrected chi connectivity index (χ4v) is 3.07. The lowest BCUT2D eigenvalue weighted by molar-refractivity contribution is 0.387. The minimum atomic E-state index is -0.446. The van der Waals surface area contributed by atoms with Gasteiger partial charge in [-0.05, 0) is 31.1 Å². The number of nitrogens with one attached hydrogen (secondary N) is 2. The minimum Gasteiger partial charge on any atom is -0.494 e. The summed E-state index contributed by atoms with van der Waals surface area (Å²) in [6.07, 6.45) is 3.74. The average Bonchev–Trinajstić information content (AvgIpc) is 3.39. The summed E-state index contributed by atoms with van der Waals surface area (Å²) in [5, 5.41) is 11.2. The quantitative estimate of drug-likeness (QED) is 0.658. The van der Waals surface area contributed by atoms with Crippen LogP contribution in [0.25, 0.3) is 10.9 Å². The Kier molecular flexibility index (Phi) is 4.08. The van der Waals surface area contributed by atoms with Crippen molar-refractivity contribution < 1.29 is 9.13 Å². The summed E-state index contributed by atoms with van der Waals surface area (Å²) in [5.41, 5.74) is 0.523. The van der Waals surface area contributed by atoms with Crippen molar-refractivity contribution in [3.63, 3.8) is 0 Å². The third-order valence-electron chi connectivity index (χ3n) is 4.27. The maximum atomic E-state index is 13.8. The molecule has 0 saturated heterocycles. The van der Waals surface area contributed by atoms with E-state index in [4.69, 9.17) is 17.0 Å². The van der Waals surface area contributed by atoms with Crippen LogP contribution in [0, 0.1) is 10.6 Å². The summed E-state index contributed by atoms with van der Waals surface area (Å²) in [4.78, 5) is 8.38. The van der Waals surface area contributed by atoms with Crippen LogP contribution in [-0.4, -0.2) is 38.4 Å². The molecule has 1 aliphatic rings. The number of hydrogen-bond acceptors (Lipinski definition) is 6. The fourth-order valence-electron chi connectivity index (χ4n) is 2.84. The third-order valence-corrected chi connectivity index (χ3v) is 4.58. The van der Waals surface area contributed by atoms with Crippen LogP contribution in [0.4, 0.5) is 10.2 Å². The largest absolute Gasteiger partial charge is 0.494 e. The van der Waals surface area contributed by atoms with Crippen LogP contribution in [0.3, 0.4) is 0 Å². The zero-order valence-corrected chi connectivity index (χ0v) is 14.4. The molecule has 0 unspecified atom stereocenters. The maximum Gasteiger partial charge on any atom is 0.195 e. The predicted molar refractivity (Wildman–Crippen MR) is 93.9 cm³/mol. The van der Waals surface area contributed by atoms with E-state index >= 15 is 0 Å². The number of methoxy groups -OCH3 is 1. The molecule has 25 heavy (non-hydrogen) atoms. The van der Waals surface area contributed by atoms with Gasteiger partial charge in [-0.1, -0.05) is 0 Å². The number of halogens is 1. The van der Waals surface area contributed by atoms with E-state index in [9.17, 15) is 4.39 Å². The second-order valence-electron chi connectivity index (χ2n) is 5.97. The first-order chi connectivity index (χ1) is 12.2. The summed E-state index contributed by atoms with van der Waals surface area (Å²) >= 11 is 5.31. The Morgan fingerprint density at radius 1 is 1.40 bits per heavy atom. The molecule has 4 rings (SSSR count). The summed E-state index contributed by atoms with van der Waals surface area (Å²) in [7, 11) is 1.43. The van der Waals surface area contributed by atoms with Crippen molar-refractivity contribution in [2.24, 2.45) is 0 Å². The first kappa shape index (κ1) is 15.9. The molecule has 2 aromatic heterocycles. The minimum absolute atomic E-state index is 0.165. The van der Waals surface area contributed by atoms with E-state index in [1.165, 1.54) is 19.5 Å². The smallest absolute Gasteiger partial charge is 0.195 e. The molecule has 9 heteroatoms. The van der Waals surface area contributed by atoms with E-state index in [0.29, 0.717) is 40.5 Å². The first-order valence-corrected chi connectivity index (χ1v) is 8.45. The van der Waals surface area contributed by atoms with Gasteiger partial charge < -0.3 is 14.6 Å². The van der Waals surface area contributed by atoms with Crippen molar-refractivity contribution in [1.82, 2.24) is 24.7 Å². The molecular formula is C16H17FN6OS. The monoisotopic (exact) mass is 360 g/mol. The Labute approximate surface area is 148 Å². The van der Waals surface area contributed by atoms with Gasteiger partial charge >= 0.3 is 0 Å². The van der Waals surface area contributed by atoms with Gasteiger partial charge in [0.2, 0.25) is 0 Å². The number of hydrogen-bond donors (Lipinski definition) is 2. The fraction of sp³-hybridized carbons (Fsp3) is 0.375. The Hall–Kier alpha value is -2.55. The predicted octanol–water partition coefficient (Wildman–Crippen LogP) is 3.02. The number of aromatic nitrogens is 5. The van der Waals surface area contributed by atoms with Gasteiger partial charge in [-0.3, -0.25) is 5.10 Å². The standard InChI is InChI=1S/C16H17FN6OS/c1-24-13-6-10-12(7-11(13)17)19-8-20-14(10)18-4-5-23-15(9-2-3-9)21-22-16(23)25/h6-9H,2-5H2,1H3,(H,22,25)(H,18,19,20). The van der Waals surface area contributed by atoms with Crippen molar-refractivity contribution in [3.8, 4) is 5.75 Å². The van der Waals surface area contributed by atoms with E-state index in [-0.39, 0.29) is 5.75 Å². The van der Waals surface area contributed by atoms with Crippen LogP contribution >= 0.6 is 12.2 Å². The number of ether oxygens (including phenoxy) is 1. The average molecular weight is 360 g/mol. The van der Waals surface area contributed by atoms with Gasteiger partial charge in [-0.25, -0.2) is 14.4 Å². The Bertz CT molecular complexity index is 980. The van der Waals surface area contributed by atoms with Gasteiger partial charge in [0.15, 0.2) is 16.3 Å². The highest BCUT2D eigenvalue weighted by molar-refractivity contribution is 7.71. The molecule has 0 spiro atoms. The second kappa shape index (κ2) is 6.40. The van der Waals surface area contributed by atoms with Gasteiger partial charge in [0.25, 0.3) is 0 Å². The van der Waals surface area contributed by atoms with Crippen LogP contribution in [0.2, 0.25) is 0 Å². The number of rotatable bonds is 6. The SMILES string of the molecule is COc1cc2c(NCCn3c(C4CC4)n[nH]c3=S)ncnc2cc1F. The van der Waals surface area contributed by atoms with E-state index in [2.05, 4.69) is 25.5 Å². The molecule has 1 saturated carbocycles. The molecule has 0 aliphatic heterocycles. The summed E-state index contributed by atoms with van der Waals surface area (Å²) < 4.78 is 21.5. The molecule has 1 aliphatic carbocycles. The molecule has 1 aromatic carbocycles. The zero-order valence-electron chi connectivity index (χ0n) is 13.6. The lowest BCUT2D eigenvalue weighted by atomic mass is 10.2. The molecule has 130 valence electrons. The molecule has 7 nitrogen and oxygen atoms in total. The zero-order chi connectivity index (χ0) is 17.4. The molecule has 2 heterocycles. The number of aromatic amines is 1. The maximum absolute atomic E-state index is 13.8. The number of fused-ring (bicyclic) bond motifs is 1. The van der Waals surface area contributed by atoms with Crippen LogP contribution in [0.1, 0.15) is 24.6 Å². The van der Waals surface area contributed by atoms with E-state index < -0.39 is 5.82 Å². The van der Waals surface area contributed by atoms with Gasteiger partial charge in [0.1, 0.15) is 18.0 Å². The number of nitrogens with zero attached hydrogens (tertiary/aromatic N) is 4. The number of benzene rings is 1. The van der Waals surface area contributed by atoms with Crippen LogP contribution in [0.15, 0.2) is 18.5 Å². The molecular weight excluding hydrogens is 343 g/mol. The highest BCUT2D eigenvalue weighted by Gasteiger charge is 2.28. The normalized spacial score (nSPS) is 14.0. The van der Waals surface area contributed by atoms with Crippen molar-refractivity contribution >= 4 is 28.9 Å². The molecule has 1 fully saturated rings. The van der Waals surface area contributed by atoms with Gasteiger partial charge in [0.05, 0.1) is 12.6 Å². The first-order valence-electron chi connectivity index (χ1n) is 8.04. The van der Waals surface area contributed by atoms with Crippen LogP contribution < -0.4 is 10.1 Å². The van der Waals surface area contributed by atoms with Gasteiger partial charge in [0, 0.05) is 30.5 Å². The molecule has 0 radical (unpaired) electrons. The molecule has 0 atom stereocenters. The van der Waals surface area contributed by atoms with E-state index in [1.807, 2.05) is 4.57 Å². The summed E-state index contributed by atoms with van der Waals surface area (Å²) in [5.74, 6) is 1.88. The highest BCUT2D eigenvalue weighted by atomic mass is 32.1. The van der Waals surface area contributed by atoms with Crippen molar-refractivity contribution in [2.75, 3.05) is 19.0 Å². The molecule has 2 N–H and O–H groups in total. The lowest BCUT2D eigenvalue weighted by Crippen LogP contribution is -2.14. The summed E-state index contributed by atoms with van der Waals surface area (Å²) in [6, 6.07) is 2.95. The number of H-pyrrole nitrogens is 1. The van der Waals surface area contributed by atoms with E-state index in [1.54, 1.807) is 6.07 Å². The lowest BCUT2D eigenvalue weighted by Gasteiger charge is -2.11. The third kappa shape index (κ3) is 3.07.